The van der Waals surface area contributed by atoms with Crippen LogP contribution in [0.15, 0.2) is 12.7 Å². The van der Waals surface area contributed by atoms with Gasteiger partial charge < -0.3 is 5.32 Å². The number of rotatable bonds is 3. The van der Waals surface area contributed by atoms with E-state index in [0.29, 0.717) is 5.75 Å². The highest BCUT2D eigenvalue weighted by Crippen LogP contribution is 2.20. The van der Waals surface area contributed by atoms with Gasteiger partial charge in [-0.2, -0.15) is 0 Å². The molecule has 1 saturated heterocycles. The van der Waals surface area contributed by atoms with Gasteiger partial charge in [-0.1, -0.05) is 6.08 Å². The van der Waals surface area contributed by atoms with Crippen molar-refractivity contribution in [3.8, 4) is 0 Å². The molecule has 0 radical (unpaired) electrons. The second-order valence-corrected chi connectivity index (χ2v) is 6.14. The zero-order chi connectivity index (χ0) is 10.1. The van der Waals surface area contributed by atoms with Crippen LogP contribution in [0.2, 0.25) is 0 Å². The van der Waals surface area contributed by atoms with Crippen LogP contribution < -0.4 is 5.32 Å². The van der Waals surface area contributed by atoms with Crippen molar-refractivity contribution in [3.05, 3.63) is 12.7 Å². The van der Waals surface area contributed by atoms with E-state index in [9.17, 15) is 8.42 Å². The Morgan fingerprint density at radius 3 is 2.62 bits per heavy atom. The van der Waals surface area contributed by atoms with Crippen molar-refractivity contribution in [2.24, 2.45) is 0 Å². The molecule has 1 N–H and O–H groups in total. The molecule has 0 aliphatic carbocycles. The van der Waals surface area contributed by atoms with Crippen LogP contribution in [-0.4, -0.2) is 31.5 Å². The van der Waals surface area contributed by atoms with Crippen LogP contribution in [0, 0.1) is 0 Å². The van der Waals surface area contributed by atoms with Crippen molar-refractivity contribution in [2.45, 2.75) is 37.6 Å². The Labute approximate surface area is 80.1 Å². The summed E-state index contributed by atoms with van der Waals surface area (Å²) in [6.07, 6.45) is 2.51. The topological polar surface area (TPSA) is 46.2 Å². The minimum atomic E-state index is -2.82. The van der Waals surface area contributed by atoms with Crippen molar-refractivity contribution >= 4 is 9.84 Å². The maximum Gasteiger partial charge on any atom is 0.154 e. The molecule has 0 aromatic heterocycles. The zero-order valence-electron chi connectivity index (χ0n) is 8.16. The van der Waals surface area contributed by atoms with Crippen LogP contribution in [0.4, 0.5) is 0 Å². The molecule has 1 aliphatic rings. The van der Waals surface area contributed by atoms with E-state index >= 15 is 0 Å². The van der Waals surface area contributed by atoms with E-state index in [2.05, 4.69) is 11.9 Å². The van der Waals surface area contributed by atoms with E-state index in [1.807, 2.05) is 6.92 Å². The predicted octanol–water partition coefficient (Wildman–Crippen LogP) is 0.726. The lowest BCUT2D eigenvalue weighted by Crippen LogP contribution is -2.40. The Morgan fingerprint density at radius 2 is 2.23 bits per heavy atom. The average Bonchev–Trinajstić information content (AvgIpc) is 2.32. The first-order valence-electron chi connectivity index (χ1n) is 4.57. The lowest BCUT2D eigenvalue weighted by molar-refractivity contribution is 0.481. The standard InChI is InChI=1S/C9H17NO2S/c1-4-7(2)10-9-5-6-13(11,12)8(9)3/h4,7-10H,1,5-6H2,2-3H3. The van der Waals surface area contributed by atoms with E-state index in [0.717, 1.165) is 6.42 Å². The van der Waals surface area contributed by atoms with Gasteiger partial charge in [0.05, 0.1) is 11.0 Å². The van der Waals surface area contributed by atoms with Crippen LogP contribution in [0.5, 0.6) is 0 Å². The fraction of sp³-hybridized carbons (Fsp3) is 0.778. The molecule has 3 atom stereocenters. The molecule has 0 saturated carbocycles. The second kappa shape index (κ2) is 3.80. The van der Waals surface area contributed by atoms with Crippen molar-refractivity contribution in [1.29, 1.82) is 0 Å². The predicted molar refractivity (Wildman–Crippen MR) is 54.4 cm³/mol. The van der Waals surface area contributed by atoms with Gasteiger partial charge in [-0.15, -0.1) is 6.58 Å². The highest BCUT2D eigenvalue weighted by Gasteiger charge is 2.36. The van der Waals surface area contributed by atoms with Gasteiger partial charge in [0, 0.05) is 12.1 Å². The fourth-order valence-corrected chi connectivity index (χ4v) is 3.26. The summed E-state index contributed by atoms with van der Waals surface area (Å²) >= 11 is 0. The Bertz CT molecular complexity index is 284. The third-order valence-corrected chi connectivity index (χ3v) is 4.94. The zero-order valence-corrected chi connectivity index (χ0v) is 8.97. The van der Waals surface area contributed by atoms with Gasteiger partial charge in [0.15, 0.2) is 9.84 Å². The third kappa shape index (κ3) is 2.31. The van der Waals surface area contributed by atoms with Gasteiger partial charge in [0.1, 0.15) is 0 Å². The lowest BCUT2D eigenvalue weighted by atomic mass is 10.1. The molecule has 1 rings (SSSR count). The minimum absolute atomic E-state index is 0.0954. The first-order valence-corrected chi connectivity index (χ1v) is 6.29. The van der Waals surface area contributed by atoms with Crippen molar-refractivity contribution in [2.75, 3.05) is 5.75 Å². The second-order valence-electron chi connectivity index (χ2n) is 3.66. The van der Waals surface area contributed by atoms with Gasteiger partial charge in [-0.05, 0) is 20.3 Å². The highest BCUT2D eigenvalue weighted by atomic mass is 32.2. The maximum atomic E-state index is 11.4. The monoisotopic (exact) mass is 203 g/mol. The van der Waals surface area contributed by atoms with E-state index in [1.54, 1.807) is 13.0 Å². The first kappa shape index (κ1) is 10.7. The molecule has 1 fully saturated rings. The highest BCUT2D eigenvalue weighted by molar-refractivity contribution is 7.92. The van der Waals surface area contributed by atoms with E-state index in [4.69, 9.17) is 0 Å². The summed E-state index contributed by atoms with van der Waals surface area (Å²) in [5.74, 6) is 0.315. The number of hydrogen-bond donors (Lipinski definition) is 1. The molecule has 3 nitrogen and oxygen atoms in total. The lowest BCUT2D eigenvalue weighted by Gasteiger charge is -2.19. The van der Waals surface area contributed by atoms with E-state index < -0.39 is 9.84 Å². The summed E-state index contributed by atoms with van der Waals surface area (Å²) in [5, 5.41) is 2.98. The number of nitrogens with one attached hydrogen (secondary N) is 1. The maximum absolute atomic E-state index is 11.4. The van der Waals surface area contributed by atoms with Crippen molar-refractivity contribution in [3.63, 3.8) is 0 Å². The fourth-order valence-electron chi connectivity index (χ4n) is 1.59. The molecule has 1 heterocycles. The molecule has 3 unspecified atom stereocenters. The first-order chi connectivity index (χ1) is 5.97. The van der Waals surface area contributed by atoms with Gasteiger partial charge in [0.25, 0.3) is 0 Å². The van der Waals surface area contributed by atoms with Gasteiger partial charge in [-0.25, -0.2) is 8.42 Å². The summed E-state index contributed by atoms with van der Waals surface area (Å²) in [6, 6.07) is 0.277. The van der Waals surface area contributed by atoms with E-state index in [1.165, 1.54) is 0 Å². The smallest absolute Gasteiger partial charge is 0.154 e. The SMILES string of the molecule is C=CC(C)NC1CCS(=O)(=O)C1C. The average molecular weight is 203 g/mol. The van der Waals surface area contributed by atoms with Gasteiger partial charge in [0.2, 0.25) is 0 Å². The molecular weight excluding hydrogens is 186 g/mol. The third-order valence-electron chi connectivity index (χ3n) is 2.68. The summed E-state index contributed by atoms with van der Waals surface area (Å²) in [6.45, 7) is 7.40. The molecule has 76 valence electrons. The molecule has 1 aliphatic heterocycles. The molecule has 0 aromatic carbocycles. The molecule has 0 bridgehead atoms. The quantitative estimate of drug-likeness (QED) is 0.688. The summed E-state index contributed by atoms with van der Waals surface area (Å²) in [7, 11) is -2.82. The Kier molecular flexibility index (Phi) is 3.14. The minimum Gasteiger partial charge on any atom is -0.307 e. The van der Waals surface area contributed by atoms with Crippen LogP contribution in [0.3, 0.4) is 0 Å². The Balaban J connectivity index is 2.61. The molecule has 4 heteroatoms. The van der Waals surface area contributed by atoms with E-state index in [-0.39, 0.29) is 17.3 Å². The number of sulfone groups is 1. The molecule has 0 spiro atoms. The normalized spacial score (nSPS) is 34.3. The molecular formula is C9H17NO2S. The Morgan fingerprint density at radius 1 is 1.62 bits per heavy atom. The number of hydrogen-bond acceptors (Lipinski definition) is 3. The van der Waals surface area contributed by atoms with Crippen LogP contribution >= 0.6 is 0 Å². The van der Waals surface area contributed by atoms with Crippen LogP contribution in [-0.2, 0) is 9.84 Å². The Hall–Kier alpha value is -0.350. The summed E-state index contributed by atoms with van der Waals surface area (Å²) in [4.78, 5) is 0. The van der Waals surface area contributed by atoms with Crippen LogP contribution in [0.25, 0.3) is 0 Å². The van der Waals surface area contributed by atoms with Crippen molar-refractivity contribution in [1.82, 2.24) is 5.32 Å². The van der Waals surface area contributed by atoms with Gasteiger partial charge in [-0.3, -0.25) is 0 Å². The summed E-state index contributed by atoms with van der Waals surface area (Å²) < 4.78 is 22.8. The molecule has 13 heavy (non-hydrogen) atoms. The van der Waals surface area contributed by atoms with Crippen LogP contribution in [0.1, 0.15) is 20.3 Å². The molecule has 0 amide bonds. The van der Waals surface area contributed by atoms with Crippen molar-refractivity contribution < 1.29 is 8.42 Å². The largest absolute Gasteiger partial charge is 0.307 e. The summed E-state index contributed by atoms with van der Waals surface area (Å²) in [5.41, 5.74) is 0. The van der Waals surface area contributed by atoms with Gasteiger partial charge >= 0.3 is 0 Å². The molecule has 0 aromatic rings.